The number of nitrogens with two attached hydrogens (primary N) is 1. The van der Waals surface area contributed by atoms with Crippen molar-refractivity contribution >= 4 is 12.0 Å². The maximum absolute atomic E-state index is 11.2. The summed E-state index contributed by atoms with van der Waals surface area (Å²) in [6.07, 6.45) is 2.06. The minimum atomic E-state index is -0.820. The Bertz CT molecular complexity index is 229. The average molecular weight is 215 g/mol. The molecule has 0 radical (unpaired) electrons. The highest BCUT2D eigenvalue weighted by atomic mass is 16.5. The number of nitrogens with one attached hydrogen (secondary N) is 2. The Morgan fingerprint density at radius 3 is 2.67 bits per heavy atom. The molecule has 1 fully saturated rings. The zero-order valence-corrected chi connectivity index (χ0v) is 8.62. The normalized spacial score (nSPS) is 14.7. The van der Waals surface area contributed by atoms with E-state index in [1.54, 1.807) is 0 Å². The predicted molar refractivity (Wildman–Crippen MR) is 54.2 cm³/mol. The Morgan fingerprint density at radius 2 is 2.07 bits per heavy atom. The van der Waals surface area contributed by atoms with Crippen LogP contribution >= 0.6 is 0 Å². The minimum absolute atomic E-state index is 0.0452. The van der Waals surface area contributed by atoms with Gasteiger partial charge in [0.05, 0.1) is 6.54 Å². The third-order valence-corrected chi connectivity index (χ3v) is 2.03. The lowest BCUT2D eigenvalue weighted by Crippen LogP contribution is -2.31. The van der Waals surface area contributed by atoms with Crippen LogP contribution in [-0.4, -0.2) is 37.7 Å². The Hall–Kier alpha value is -1.30. The fraction of sp³-hybridized carbons (Fsp3) is 0.778. The van der Waals surface area contributed by atoms with Crippen molar-refractivity contribution in [2.24, 2.45) is 5.73 Å². The summed E-state index contributed by atoms with van der Waals surface area (Å²) in [4.78, 5) is 21.3. The smallest absolute Gasteiger partial charge is 0.404 e. The quantitative estimate of drug-likeness (QED) is 0.491. The van der Waals surface area contributed by atoms with Crippen molar-refractivity contribution in [3.63, 3.8) is 0 Å². The molecule has 6 nitrogen and oxygen atoms in total. The molecule has 0 aromatic heterocycles. The number of primary amides is 1. The number of hydrogen-bond acceptors (Lipinski definition) is 4. The molecule has 6 heteroatoms. The van der Waals surface area contributed by atoms with Gasteiger partial charge in [-0.3, -0.25) is 4.79 Å². The van der Waals surface area contributed by atoms with Gasteiger partial charge in [0.25, 0.3) is 0 Å². The first kappa shape index (κ1) is 11.8. The maximum atomic E-state index is 11.2. The van der Waals surface area contributed by atoms with Crippen molar-refractivity contribution in [2.45, 2.75) is 25.3 Å². The van der Waals surface area contributed by atoms with E-state index in [9.17, 15) is 9.59 Å². The second kappa shape index (κ2) is 6.23. The van der Waals surface area contributed by atoms with Gasteiger partial charge < -0.3 is 21.1 Å². The van der Waals surface area contributed by atoms with E-state index in [0.29, 0.717) is 25.6 Å². The molecule has 0 aromatic rings. The monoisotopic (exact) mass is 215 g/mol. The predicted octanol–water partition coefficient (Wildman–Crippen LogP) is -0.660. The van der Waals surface area contributed by atoms with Crippen LogP contribution in [-0.2, 0) is 9.53 Å². The van der Waals surface area contributed by atoms with Crippen LogP contribution < -0.4 is 16.4 Å². The van der Waals surface area contributed by atoms with E-state index in [4.69, 9.17) is 5.73 Å². The molecule has 2 amide bonds. The highest BCUT2D eigenvalue weighted by Crippen LogP contribution is 2.18. The first-order valence-corrected chi connectivity index (χ1v) is 5.11. The highest BCUT2D eigenvalue weighted by Gasteiger charge is 2.19. The van der Waals surface area contributed by atoms with Crippen LogP contribution in [0.3, 0.4) is 0 Å². The Morgan fingerprint density at radius 1 is 1.33 bits per heavy atom. The van der Waals surface area contributed by atoms with E-state index in [1.807, 2.05) is 0 Å². The van der Waals surface area contributed by atoms with Gasteiger partial charge >= 0.3 is 6.09 Å². The number of carbonyl (C=O) groups is 2. The topological polar surface area (TPSA) is 93.5 Å². The van der Waals surface area contributed by atoms with Crippen LogP contribution in [0.2, 0.25) is 0 Å². The Balaban J connectivity index is 1.86. The fourth-order valence-electron chi connectivity index (χ4n) is 1.11. The molecule has 0 heterocycles. The van der Waals surface area contributed by atoms with Crippen LogP contribution in [0.5, 0.6) is 0 Å². The number of carbonyl (C=O) groups excluding carboxylic acids is 2. The standard InChI is InChI=1S/C9H17N3O3/c10-9(14)15-6-5-12-8(13)3-4-11-7-1-2-7/h7,11H,1-6H2,(H2,10,14)(H,12,13). The number of amides is 2. The summed E-state index contributed by atoms with van der Waals surface area (Å²) >= 11 is 0. The molecular weight excluding hydrogens is 198 g/mol. The van der Waals surface area contributed by atoms with Crippen LogP contribution in [0.4, 0.5) is 4.79 Å². The van der Waals surface area contributed by atoms with Gasteiger partial charge in [-0.25, -0.2) is 4.79 Å². The van der Waals surface area contributed by atoms with E-state index in [-0.39, 0.29) is 12.5 Å². The van der Waals surface area contributed by atoms with Crippen LogP contribution in [0.25, 0.3) is 0 Å². The maximum Gasteiger partial charge on any atom is 0.404 e. The number of rotatable bonds is 7. The van der Waals surface area contributed by atoms with Crippen molar-refractivity contribution in [2.75, 3.05) is 19.7 Å². The molecule has 0 unspecified atom stereocenters. The molecule has 1 rings (SSSR count). The van der Waals surface area contributed by atoms with Gasteiger partial charge in [0.1, 0.15) is 6.61 Å². The molecule has 0 aromatic carbocycles. The Kier molecular flexibility index (Phi) is 4.89. The fourth-order valence-corrected chi connectivity index (χ4v) is 1.11. The molecule has 1 aliphatic rings. The summed E-state index contributed by atoms with van der Waals surface area (Å²) in [7, 11) is 0. The van der Waals surface area contributed by atoms with Gasteiger partial charge in [-0.1, -0.05) is 0 Å². The SMILES string of the molecule is NC(=O)OCCNC(=O)CCNC1CC1. The molecule has 4 N–H and O–H groups in total. The van der Waals surface area contributed by atoms with E-state index in [1.165, 1.54) is 12.8 Å². The minimum Gasteiger partial charge on any atom is -0.448 e. The van der Waals surface area contributed by atoms with Crippen molar-refractivity contribution in [3.05, 3.63) is 0 Å². The lowest BCUT2D eigenvalue weighted by molar-refractivity contribution is -0.121. The zero-order valence-electron chi connectivity index (χ0n) is 8.62. The van der Waals surface area contributed by atoms with Crippen LogP contribution in [0.1, 0.15) is 19.3 Å². The van der Waals surface area contributed by atoms with Gasteiger partial charge in [-0.05, 0) is 12.8 Å². The van der Waals surface area contributed by atoms with E-state index < -0.39 is 6.09 Å². The van der Waals surface area contributed by atoms with E-state index >= 15 is 0 Å². The Labute approximate surface area is 88.5 Å². The lowest BCUT2D eigenvalue weighted by Gasteiger charge is -2.05. The van der Waals surface area contributed by atoms with Gasteiger partial charge in [0.15, 0.2) is 0 Å². The second-order valence-electron chi connectivity index (χ2n) is 3.50. The van der Waals surface area contributed by atoms with Crippen LogP contribution in [0, 0.1) is 0 Å². The van der Waals surface area contributed by atoms with Crippen molar-refractivity contribution in [1.29, 1.82) is 0 Å². The summed E-state index contributed by atoms with van der Waals surface area (Å²) in [6, 6.07) is 0.621. The first-order valence-electron chi connectivity index (χ1n) is 5.11. The molecule has 0 bridgehead atoms. The first-order chi connectivity index (χ1) is 7.18. The molecule has 15 heavy (non-hydrogen) atoms. The number of hydrogen-bond donors (Lipinski definition) is 3. The third kappa shape index (κ3) is 6.73. The lowest BCUT2D eigenvalue weighted by atomic mass is 10.4. The second-order valence-corrected chi connectivity index (χ2v) is 3.50. The number of ether oxygens (including phenoxy) is 1. The van der Waals surface area contributed by atoms with E-state index in [0.717, 1.165) is 0 Å². The molecule has 1 aliphatic carbocycles. The van der Waals surface area contributed by atoms with Gasteiger partial charge in [-0.15, -0.1) is 0 Å². The van der Waals surface area contributed by atoms with Gasteiger partial charge in [-0.2, -0.15) is 0 Å². The largest absolute Gasteiger partial charge is 0.448 e. The molecule has 0 aliphatic heterocycles. The molecular formula is C9H17N3O3. The molecule has 0 saturated heterocycles. The molecule has 1 saturated carbocycles. The van der Waals surface area contributed by atoms with Gasteiger partial charge in [0.2, 0.25) is 5.91 Å². The highest BCUT2D eigenvalue weighted by molar-refractivity contribution is 5.76. The van der Waals surface area contributed by atoms with Crippen molar-refractivity contribution < 1.29 is 14.3 Å². The van der Waals surface area contributed by atoms with E-state index in [2.05, 4.69) is 15.4 Å². The van der Waals surface area contributed by atoms with Crippen molar-refractivity contribution in [1.82, 2.24) is 10.6 Å². The third-order valence-electron chi connectivity index (χ3n) is 2.03. The average Bonchev–Trinajstić information content (AvgIpc) is 2.96. The van der Waals surface area contributed by atoms with Crippen LogP contribution in [0.15, 0.2) is 0 Å². The van der Waals surface area contributed by atoms with Crippen molar-refractivity contribution in [3.8, 4) is 0 Å². The summed E-state index contributed by atoms with van der Waals surface area (Å²) in [5.41, 5.74) is 4.75. The summed E-state index contributed by atoms with van der Waals surface area (Å²) in [5, 5.41) is 5.85. The molecule has 0 atom stereocenters. The molecule has 0 spiro atoms. The zero-order chi connectivity index (χ0) is 11.1. The summed E-state index contributed by atoms with van der Waals surface area (Å²) < 4.78 is 4.45. The molecule has 86 valence electrons. The van der Waals surface area contributed by atoms with Gasteiger partial charge in [0, 0.05) is 19.0 Å². The summed E-state index contributed by atoms with van der Waals surface area (Å²) in [5.74, 6) is -0.0452. The summed E-state index contributed by atoms with van der Waals surface area (Å²) in [6.45, 7) is 1.13.